The molecule has 3 nitrogen and oxygen atoms in total. The third kappa shape index (κ3) is 6.64. The molecule has 0 fully saturated rings. The fraction of sp³-hybridized carbons (Fsp3) is 0.0200. The van der Waals surface area contributed by atoms with Crippen LogP contribution in [-0.2, 0) is 0 Å². The van der Waals surface area contributed by atoms with E-state index in [4.69, 9.17) is 15.0 Å². The van der Waals surface area contributed by atoms with Crippen LogP contribution in [0.2, 0.25) is 0 Å². The largest absolute Gasteiger partial charge is 0.208 e. The normalized spacial score (nSPS) is 12.6. The van der Waals surface area contributed by atoms with Gasteiger partial charge in [0.1, 0.15) is 0 Å². The van der Waals surface area contributed by atoms with Crippen LogP contribution in [-0.4, -0.2) is 15.0 Å². The van der Waals surface area contributed by atoms with Gasteiger partial charge >= 0.3 is 0 Å². The average molecular weight is 678 g/mol. The summed E-state index contributed by atoms with van der Waals surface area (Å²) in [5.74, 6) is 1.92. The van der Waals surface area contributed by atoms with Crippen LogP contribution in [0.4, 0.5) is 0 Å². The van der Waals surface area contributed by atoms with Crippen molar-refractivity contribution in [1.29, 1.82) is 0 Å². The van der Waals surface area contributed by atoms with E-state index in [1.54, 1.807) is 0 Å². The van der Waals surface area contributed by atoms with Crippen LogP contribution >= 0.6 is 0 Å². The number of hydrogen-bond donors (Lipinski definition) is 0. The maximum atomic E-state index is 5.11. The van der Waals surface area contributed by atoms with Crippen LogP contribution in [0.5, 0.6) is 0 Å². The standard InChI is InChI=1S/C50H35N3/c1-4-14-35(15-5-1)37-21-12-22-40(29-26-37)46-33-32-39-18-10-11-25-45(39)47(46)43-23-13-24-44(34-43)50-52-48(41-19-8-3-9-20-41)51-49(53-50)42-30-27-38(28-31-42)36-16-6-2-7-17-36/h1-11,13-34H,12H2. The number of allylic oxidation sites excluding steroid dienone is 6. The quantitative estimate of drug-likeness (QED) is 0.169. The molecule has 250 valence electrons. The molecule has 0 unspecified atom stereocenters. The molecule has 7 aromatic carbocycles. The van der Waals surface area contributed by atoms with Gasteiger partial charge in [-0.2, -0.15) is 0 Å². The summed E-state index contributed by atoms with van der Waals surface area (Å²) in [6, 6.07) is 61.4. The lowest BCUT2D eigenvalue weighted by Gasteiger charge is -2.16. The molecule has 3 heteroatoms. The van der Waals surface area contributed by atoms with Crippen LogP contribution in [0.15, 0.2) is 200 Å². The highest BCUT2D eigenvalue weighted by Gasteiger charge is 2.17. The minimum Gasteiger partial charge on any atom is -0.208 e. The second kappa shape index (κ2) is 14.3. The van der Waals surface area contributed by atoms with Gasteiger partial charge in [-0.25, -0.2) is 15.0 Å². The minimum absolute atomic E-state index is 0.634. The van der Waals surface area contributed by atoms with Crippen LogP contribution in [0.25, 0.3) is 78.3 Å². The number of aromatic nitrogens is 3. The lowest BCUT2D eigenvalue weighted by Crippen LogP contribution is -2.00. The van der Waals surface area contributed by atoms with Crippen molar-refractivity contribution in [1.82, 2.24) is 15.0 Å². The van der Waals surface area contributed by atoms with Gasteiger partial charge in [-0.1, -0.05) is 194 Å². The number of nitrogens with zero attached hydrogens (tertiary/aromatic N) is 3. The van der Waals surface area contributed by atoms with Crippen molar-refractivity contribution in [3.8, 4) is 56.4 Å². The Morgan fingerprint density at radius 2 is 0.830 bits per heavy atom. The summed E-state index contributed by atoms with van der Waals surface area (Å²) < 4.78 is 0. The number of hydrogen-bond acceptors (Lipinski definition) is 3. The molecule has 0 aliphatic heterocycles. The Morgan fingerprint density at radius 1 is 0.340 bits per heavy atom. The van der Waals surface area contributed by atoms with E-state index in [2.05, 4.69) is 164 Å². The van der Waals surface area contributed by atoms with Gasteiger partial charge in [-0.05, 0) is 67.8 Å². The third-order valence-electron chi connectivity index (χ3n) is 9.79. The summed E-state index contributed by atoms with van der Waals surface area (Å²) in [5, 5.41) is 2.41. The number of benzene rings is 7. The zero-order chi connectivity index (χ0) is 35.4. The van der Waals surface area contributed by atoms with Crippen molar-refractivity contribution >= 4 is 21.9 Å². The maximum Gasteiger partial charge on any atom is 0.164 e. The van der Waals surface area contributed by atoms with Crippen LogP contribution in [0.1, 0.15) is 17.5 Å². The van der Waals surface area contributed by atoms with Gasteiger partial charge in [0.2, 0.25) is 0 Å². The molecule has 0 radical (unpaired) electrons. The fourth-order valence-corrected chi connectivity index (χ4v) is 7.10. The monoisotopic (exact) mass is 677 g/mol. The summed E-state index contributed by atoms with van der Waals surface area (Å²) in [6.07, 6.45) is 9.99. The van der Waals surface area contributed by atoms with E-state index in [1.165, 1.54) is 44.2 Å². The Morgan fingerprint density at radius 3 is 1.55 bits per heavy atom. The molecule has 0 N–H and O–H groups in total. The number of fused-ring (bicyclic) bond motifs is 1. The van der Waals surface area contributed by atoms with E-state index in [0.717, 1.165) is 34.2 Å². The lowest BCUT2D eigenvalue weighted by molar-refractivity contribution is 1.07. The molecule has 0 bridgehead atoms. The first kappa shape index (κ1) is 32.0. The maximum absolute atomic E-state index is 5.11. The van der Waals surface area contributed by atoms with Crippen LogP contribution in [0.3, 0.4) is 0 Å². The highest BCUT2D eigenvalue weighted by atomic mass is 15.0. The van der Waals surface area contributed by atoms with E-state index in [-0.39, 0.29) is 0 Å². The Bertz CT molecular complexity index is 2660. The molecule has 9 rings (SSSR count). The molecule has 1 heterocycles. The van der Waals surface area contributed by atoms with Gasteiger partial charge in [0.05, 0.1) is 0 Å². The Balaban J connectivity index is 1.15. The molecule has 0 atom stereocenters. The first-order valence-corrected chi connectivity index (χ1v) is 18.0. The predicted molar refractivity (Wildman–Crippen MR) is 221 cm³/mol. The zero-order valence-electron chi connectivity index (χ0n) is 29.1. The lowest BCUT2D eigenvalue weighted by atomic mass is 9.88. The van der Waals surface area contributed by atoms with Crippen molar-refractivity contribution < 1.29 is 0 Å². The summed E-state index contributed by atoms with van der Waals surface area (Å²) in [6.45, 7) is 0. The van der Waals surface area contributed by atoms with Gasteiger partial charge in [0.15, 0.2) is 17.5 Å². The number of rotatable bonds is 7. The van der Waals surface area contributed by atoms with E-state index in [9.17, 15) is 0 Å². The zero-order valence-corrected chi connectivity index (χ0v) is 29.1. The highest BCUT2D eigenvalue weighted by Crippen LogP contribution is 2.39. The summed E-state index contributed by atoms with van der Waals surface area (Å²) in [4.78, 5) is 15.2. The van der Waals surface area contributed by atoms with Crippen molar-refractivity contribution in [2.45, 2.75) is 6.42 Å². The second-order valence-corrected chi connectivity index (χ2v) is 13.2. The smallest absolute Gasteiger partial charge is 0.164 e. The molecule has 0 saturated heterocycles. The van der Waals surface area contributed by atoms with Gasteiger partial charge < -0.3 is 0 Å². The third-order valence-corrected chi connectivity index (χ3v) is 9.79. The SMILES string of the molecule is C1=CC(c2ccc3ccccc3c2-c2cccc(-c3nc(-c4ccccc4)nc(-c4ccc(-c5ccccc5)cc4)n3)c2)=CCC=C1c1ccccc1. The fourth-order valence-electron chi connectivity index (χ4n) is 7.10. The Hall–Kier alpha value is -6.97. The molecule has 0 amide bonds. The van der Waals surface area contributed by atoms with Gasteiger partial charge in [-0.3, -0.25) is 0 Å². The predicted octanol–water partition coefficient (Wildman–Crippen LogP) is 12.8. The minimum atomic E-state index is 0.634. The molecular weight excluding hydrogens is 643 g/mol. The summed E-state index contributed by atoms with van der Waals surface area (Å²) >= 11 is 0. The van der Waals surface area contributed by atoms with E-state index < -0.39 is 0 Å². The highest BCUT2D eigenvalue weighted by molar-refractivity contribution is 6.04. The topological polar surface area (TPSA) is 38.7 Å². The first-order chi connectivity index (χ1) is 26.3. The molecule has 0 spiro atoms. The van der Waals surface area contributed by atoms with E-state index >= 15 is 0 Å². The van der Waals surface area contributed by atoms with Crippen molar-refractivity contribution in [3.05, 3.63) is 211 Å². The van der Waals surface area contributed by atoms with E-state index in [0.29, 0.717) is 17.5 Å². The summed E-state index contributed by atoms with van der Waals surface area (Å²) in [7, 11) is 0. The molecule has 53 heavy (non-hydrogen) atoms. The molecule has 1 aliphatic carbocycles. The van der Waals surface area contributed by atoms with Gasteiger partial charge in [-0.15, -0.1) is 0 Å². The summed E-state index contributed by atoms with van der Waals surface area (Å²) in [5.41, 5.74) is 12.3. The molecule has 0 saturated carbocycles. The van der Waals surface area contributed by atoms with E-state index in [1.807, 2.05) is 36.4 Å². The van der Waals surface area contributed by atoms with Gasteiger partial charge in [0, 0.05) is 16.7 Å². The molecular formula is C50H35N3. The first-order valence-electron chi connectivity index (χ1n) is 18.0. The van der Waals surface area contributed by atoms with Crippen LogP contribution < -0.4 is 0 Å². The van der Waals surface area contributed by atoms with Crippen molar-refractivity contribution in [2.24, 2.45) is 0 Å². The molecule has 8 aromatic rings. The average Bonchev–Trinajstić information content (AvgIpc) is 3.51. The molecule has 1 aromatic heterocycles. The van der Waals surface area contributed by atoms with Gasteiger partial charge in [0.25, 0.3) is 0 Å². The second-order valence-electron chi connectivity index (χ2n) is 13.2. The van der Waals surface area contributed by atoms with Crippen molar-refractivity contribution in [3.63, 3.8) is 0 Å². The van der Waals surface area contributed by atoms with Crippen LogP contribution in [0, 0.1) is 0 Å². The van der Waals surface area contributed by atoms with Crippen molar-refractivity contribution in [2.75, 3.05) is 0 Å². The molecule has 1 aliphatic rings. The Labute approximate surface area is 310 Å². The Kier molecular flexibility index (Phi) is 8.65.